The molecule has 72 valence electrons. The fourth-order valence-corrected chi connectivity index (χ4v) is 2.01. The highest BCUT2D eigenvalue weighted by atomic mass is 79.9. The fourth-order valence-electron chi connectivity index (χ4n) is 1.51. The number of nitrogen functional groups attached to an aromatic ring is 1. The molecule has 0 aliphatic carbocycles. The van der Waals surface area contributed by atoms with Crippen LogP contribution in [0.25, 0.3) is 11.1 Å². The van der Waals surface area contributed by atoms with E-state index < -0.39 is 0 Å². The lowest BCUT2D eigenvalue weighted by molar-refractivity contribution is 0.929. The molecule has 14 heavy (non-hydrogen) atoms. The van der Waals surface area contributed by atoms with Crippen LogP contribution < -0.4 is 5.73 Å². The Morgan fingerprint density at radius 2 is 1.86 bits per heavy atom. The van der Waals surface area contributed by atoms with Gasteiger partial charge in [0, 0.05) is 29.5 Å². The van der Waals surface area contributed by atoms with Gasteiger partial charge in [0.15, 0.2) is 0 Å². The Bertz CT molecular complexity index is 460. The van der Waals surface area contributed by atoms with E-state index in [-0.39, 0.29) is 0 Å². The van der Waals surface area contributed by atoms with Crippen molar-refractivity contribution in [2.45, 2.75) is 0 Å². The van der Waals surface area contributed by atoms with Crippen molar-refractivity contribution in [3.05, 3.63) is 41.1 Å². The van der Waals surface area contributed by atoms with Gasteiger partial charge in [-0.25, -0.2) is 0 Å². The van der Waals surface area contributed by atoms with E-state index in [2.05, 4.69) is 22.0 Å². The topological polar surface area (TPSA) is 30.9 Å². The first kappa shape index (κ1) is 9.34. The minimum Gasteiger partial charge on any atom is -0.397 e. The van der Waals surface area contributed by atoms with E-state index in [1.165, 1.54) is 0 Å². The first-order valence-electron chi connectivity index (χ1n) is 4.35. The van der Waals surface area contributed by atoms with Crippen LogP contribution in [0.1, 0.15) is 0 Å². The van der Waals surface area contributed by atoms with E-state index in [1.54, 1.807) is 0 Å². The van der Waals surface area contributed by atoms with Gasteiger partial charge >= 0.3 is 0 Å². The molecule has 1 aromatic heterocycles. The number of hydrogen-bond donors (Lipinski definition) is 1. The zero-order valence-corrected chi connectivity index (χ0v) is 9.45. The average Bonchev–Trinajstić information content (AvgIpc) is 2.46. The summed E-state index contributed by atoms with van der Waals surface area (Å²) in [6, 6.07) is 8.07. The zero-order valence-electron chi connectivity index (χ0n) is 7.87. The molecule has 1 heterocycles. The third-order valence-corrected chi connectivity index (χ3v) is 2.84. The van der Waals surface area contributed by atoms with Crippen LogP contribution in [0.5, 0.6) is 0 Å². The third kappa shape index (κ3) is 1.55. The maximum atomic E-state index is 5.90. The summed E-state index contributed by atoms with van der Waals surface area (Å²) in [5, 5.41) is 0. The smallest absolute Gasteiger partial charge is 0.0573 e. The van der Waals surface area contributed by atoms with E-state index in [9.17, 15) is 0 Å². The maximum absolute atomic E-state index is 5.90. The normalized spacial score (nSPS) is 10.4. The van der Waals surface area contributed by atoms with E-state index in [1.807, 2.05) is 42.2 Å². The van der Waals surface area contributed by atoms with Crippen LogP contribution in [0.15, 0.2) is 41.1 Å². The van der Waals surface area contributed by atoms with Crippen LogP contribution in [0.2, 0.25) is 0 Å². The van der Waals surface area contributed by atoms with E-state index in [4.69, 9.17) is 5.73 Å². The third-order valence-electron chi connectivity index (χ3n) is 2.15. The summed E-state index contributed by atoms with van der Waals surface area (Å²) in [6.07, 6.45) is 3.93. The molecule has 0 saturated carbocycles. The molecule has 0 fully saturated rings. The minimum atomic E-state index is 0.805. The number of halogens is 1. The number of hydrogen-bond acceptors (Lipinski definition) is 1. The monoisotopic (exact) mass is 250 g/mol. The van der Waals surface area contributed by atoms with Crippen molar-refractivity contribution in [2.24, 2.45) is 7.05 Å². The molecular formula is C11H11BrN2. The summed E-state index contributed by atoms with van der Waals surface area (Å²) in [4.78, 5) is 0. The molecule has 0 atom stereocenters. The molecule has 0 unspecified atom stereocenters. The van der Waals surface area contributed by atoms with Gasteiger partial charge in [-0.15, -0.1) is 0 Å². The largest absolute Gasteiger partial charge is 0.397 e. The summed E-state index contributed by atoms with van der Waals surface area (Å²) in [7, 11) is 1.97. The Labute approximate surface area is 91.5 Å². The van der Waals surface area contributed by atoms with Crippen LogP contribution in [0.4, 0.5) is 5.69 Å². The molecule has 2 nitrogen and oxygen atoms in total. The van der Waals surface area contributed by atoms with Gasteiger partial charge in [-0.3, -0.25) is 0 Å². The SMILES string of the molecule is Cn1cc(N)c(-c2ccccc2Br)c1. The van der Waals surface area contributed by atoms with E-state index in [0.29, 0.717) is 0 Å². The van der Waals surface area contributed by atoms with Crippen molar-refractivity contribution in [1.82, 2.24) is 4.57 Å². The van der Waals surface area contributed by atoms with Crippen molar-refractivity contribution in [2.75, 3.05) is 5.73 Å². The molecule has 0 saturated heterocycles. The number of benzene rings is 1. The average molecular weight is 251 g/mol. The highest BCUT2D eigenvalue weighted by Gasteiger charge is 2.07. The molecule has 0 aliphatic rings. The maximum Gasteiger partial charge on any atom is 0.0573 e. The van der Waals surface area contributed by atoms with E-state index in [0.717, 1.165) is 21.3 Å². The molecule has 0 spiro atoms. The lowest BCUT2D eigenvalue weighted by Gasteiger charge is -2.02. The van der Waals surface area contributed by atoms with Gasteiger partial charge < -0.3 is 10.3 Å². The second-order valence-corrected chi connectivity index (χ2v) is 4.13. The van der Waals surface area contributed by atoms with Gasteiger partial charge in [-0.1, -0.05) is 34.1 Å². The Hall–Kier alpha value is -1.22. The Balaban J connectivity index is 2.60. The zero-order chi connectivity index (χ0) is 10.1. The summed E-state index contributed by atoms with van der Waals surface area (Å²) in [6.45, 7) is 0. The molecule has 2 N–H and O–H groups in total. The number of nitrogens with zero attached hydrogens (tertiary/aromatic N) is 1. The Morgan fingerprint density at radius 1 is 1.14 bits per heavy atom. The molecule has 0 radical (unpaired) electrons. The minimum absolute atomic E-state index is 0.805. The van der Waals surface area contributed by atoms with E-state index >= 15 is 0 Å². The second kappa shape index (κ2) is 3.50. The van der Waals surface area contributed by atoms with Crippen LogP contribution in [-0.4, -0.2) is 4.57 Å². The molecule has 2 rings (SSSR count). The lowest BCUT2D eigenvalue weighted by Crippen LogP contribution is -1.85. The molecule has 1 aromatic carbocycles. The number of anilines is 1. The summed E-state index contributed by atoms with van der Waals surface area (Å²) in [5.41, 5.74) is 8.91. The summed E-state index contributed by atoms with van der Waals surface area (Å²) in [5.74, 6) is 0. The highest BCUT2D eigenvalue weighted by Crippen LogP contribution is 2.32. The van der Waals surface area contributed by atoms with Crippen molar-refractivity contribution in [3.63, 3.8) is 0 Å². The number of aryl methyl sites for hydroxylation is 1. The van der Waals surface area contributed by atoms with Crippen molar-refractivity contribution < 1.29 is 0 Å². The van der Waals surface area contributed by atoms with Crippen LogP contribution in [-0.2, 0) is 7.05 Å². The van der Waals surface area contributed by atoms with Gasteiger partial charge in [0.25, 0.3) is 0 Å². The number of aromatic nitrogens is 1. The van der Waals surface area contributed by atoms with Gasteiger partial charge in [-0.2, -0.15) is 0 Å². The first-order valence-corrected chi connectivity index (χ1v) is 5.14. The molecule has 3 heteroatoms. The number of rotatable bonds is 1. The van der Waals surface area contributed by atoms with Gasteiger partial charge in [0.1, 0.15) is 0 Å². The molecule has 0 bridgehead atoms. The van der Waals surface area contributed by atoms with Crippen LogP contribution >= 0.6 is 15.9 Å². The van der Waals surface area contributed by atoms with Gasteiger partial charge in [0.2, 0.25) is 0 Å². The van der Waals surface area contributed by atoms with Crippen LogP contribution in [0.3, 0.4) is 0 Å². The summed E-state index contributed by atoms with van der Waals surface area (Å²) >= 11 is 3.51. The van der Waals surface area contributed by atoms with Gasteiger partial charge in [0.05, 0.1) is 5.69 Å². The number of nitrogens with two attached hydrogens (primary N) is 1. The predicted molar refractivity (Wildman–Crippen MR) is 63.0 cm³/mol. The summed E-state index contributed by atoms with van der Waals surface area (Å²) < 4.78 is 3.03. The molecule has 0 aliphatic heterocycles. The Morgan fingerprint density at radius 3 is 2.43 bits per heavy atom. The van der Waals surface area contributed by atoms with Crippen LogP contribution in [0, 0.1) is 0 Å². The fraction of sp³-hybridized carbons (Fsp3) is 0.0909. The molecular weight excluding hydrogens is 240 g/mol. The quantitative estimate of drug-likeness (QED) is 0.829. The second-order valence-electron chi connectivity index (χ2n) is 3.27. The van der Waals surface area contributed by atoms with Crippen molar-refractivity contribution >= 4 is 21.6 Å². The highest BCUT2D eigenvalue weighted by molar-refractivity contribution is 9.10. The Kier molecular flexibility index (Phi) is 2.33. The molecule has 0 amide bonds. The van der Waals surface area contributed by atoms with Crippen molar-refractivity contribution in [1.29, 1.82) is 0 Å². The predicted octanol–water partition coefficient (Wildman–Crippen LogP) is 3.04. The van der Waals surface area contributed by atoms with Crippen molar-refractivity contribution in [3.8, 4) is 11.1 Å². The lowest BCUT2D eigenvalue weighted by atomic mass is 10.1. The standard InChI is InChI=1S/C11H11BrN2/c1-14-6-9(11(13)7-14)8-4-2-3-5-10(8)12/h2-7H,13H2,1H3. The van der Waals surface area contributed by atoms with Gasteiger partial charge in [-0.05, 0) is 11.6 Å². The first-order chi connectivity index (χ1) is 6.68. The molecule has 2 aromatic rings.